The maximum Gasteiger partial charge on any atom is 0.232 e. The fraction of sp³-hybridized carbons (Fsp3) is 0.318. The number of rotatable bonds is 9. The molecule has 0 bridgehead atoms. The van der Waals surface area contributed by atoms with Crippen molar-refractivity contribution in [2.75, 3.05) is 36.0 Å². The van der Waals surface area contributed by atoms with Gasteiger partial charge in [-0.3, -0.25) is 9.36 Å². The van der Waals surface area contributed by atoms with Crippen LogP contribution < -0.4 is 10.2 Å². The molecule has 1 aliphatic rings. The fourth-order valence-corrected chi connectivity index (χ4v) is 5.16. The molecule has 0 spiro atoms. The number of hydrogen-bond acceptors (Lipinski definition) is 6. The second-order valence-corrected chi connectivity index (χ2v) is 9.58. The molecule has 2 heterocycles. The summed E-state index contributed by atoms with van der Waals surface area (Å²) in [5.74, 6) is 1.87. The second-order valence-electron chi connectivity index (χ2n) is 7.06. The summed E-state index contributed by atoms with van der Waals surface area (Å²) in [5, 5.41) is 13.1. The second kappa shape index (κ2) is 10.9. The van der Waals surface area contributed by atoms with Crippen LogP contribution in [0, 0.1) is 0 Å². The third-order valence-corrected chi connectivity index (χ3v) is 7.13. The van der Waals surface area contributed by atoms with Gasteiger partial charge in [-0.2, -0.15) is 0 Å². The molecule has 9 heteroatoms. The van der Waals surface area contributed by atoms with Crippen molar-refractivity contribution in [3.63, 3.8) is 0 Å². The van der Waals surface area contributed by atoms with Crippen molar-refractivity contribution in [3.8, 4) is 5.69 Å². The smallest absolute Gasteiger partial charge is 0.232 e. The van der Waals surface area contributed by atoms with Gasteiger partial charge in [0.15, 0.2) is 5.16 Å². The minimum Gasteiger partial charge on any atom is -0.355 e. The van der Waals surface area contributed by atoms with Gasteiger partial charge < -0.3 is 10.2 Å². The van der Waals surface area contributed by atoms with E-state index in [1.807, 2.05) is 47.0 Å². The van der Waals surface area contributed by atoms with Gasteiger partial charge in [0.25, 0.3) is 0 Å². The van der Waals surface area contributed by atoms with E-state index in [0.717, 1.165) is 43.3 Å². The number of aromatic nitrogens is 3. The zero-order chi connectivity index (χ0) is 21.5. The summed E-state index contributed by atoms with van der Waals surface area (Å²) >= 11 is 9.58. The molecule has 31 heavy (non-hydrogen) atoms. The monoisotopic (exact) mass is 473 g/mol. The Kier molecular flexibility index (Phi) is 7.77. The van der Waals surface area contributed by atoms with Crippen LogP contribution in [0.2, 0.25) is 5.02 Å². The zero-order valence-electron chi connectivity index (χ0n) is 17.0. The predicted octanol–water partition coefficient (Wildman–Crippen LogP) is 4.52. The average Bonchev–Trinajstić information content (AvgIpc) is 3.46. The van der Waals surface area contributed by atoms with Crippen LogP contribution in [-0.2, 0) is 4.79 Å². The highest BCUT2D eigenvalue weighted by atomic mass is 35.5. The summed E-state index contributed by atoms with van der Waals surface area (Å²) in [6.45, 7) is 2.52. The molecular weight excluding hydrogens is 450 g/mol. The summed E-state index contributed by atoms with van der Waals surface area (Å²) in [4.78, 5) is 15.8. The summed E-state index contributed by atoms with van der Waals surface area (Å²) < 4.78 is 1.97. The third-order valence-electron chi connectivity index (χ3n) is 4.87. The van der Waals surface area contributed by atoms with E-state index in [2.05, 4.69) is 32.5 Å². The Morgan fingerprint density at radius 2 is 1.74 bits per heavy atom. The minimum atomic E-state index is -0.0184. The maximum atomic E-state index is 12.4. The van der Waals surface area contributed by atoms with Gasteiger partial charge in [0.2, 0.25) is 11.9 Å². The molecule has 4 rings (SSSR count). The number of thioether (sulfide) groups is 2. The number of halogens is 1. The number of carbonyl (C=O) groups excluding carboxylic acids is 1. The number of para-hydroxylation sites is 1. The average molecular weight is 474 g/mol. The van der Waals surface area contributed by atoms with Crippen LogP contribution in [0.3, 0.4) is 0 Å². The zero-order valence-corrected chi connectivity index (χ0v) is 19.4. The van der Waals surface area contributed by atoms with E-state index in [-0.39, 0.29) is 11.7 Å². The Bertz CT molecular complexity index is 1010. The molecule has 0 atom stereocenters. The number of amides is 1. The largest absolute Gasteiger partial charge is 0.355 e. The van der Waals surface area contributed by atoms with Crippen LogP contribution in [0.4, 0.5) is 5.95 Å². The molecule has 1 saturated heterocycles. The van der Waals surface area contributed by atoms with Crippen LogP contribution in [0.1, 0.15) is 12.8 Å². The van der Waals surface area contributed by atoms with E-state index < -0.39 is 0 Å². The molecule has 1 N–H and O–H groups in total. The van der Waals surface area contributed by atoms with Crippen molar-refractivity contribution in [2.24, 2.45) is 0 Å². The molecule has 1 aromatic heterocycles. The fourth-order valence-electron chi connectivity index (χ4n) is 3.38. The van der Waals surface area contributed by atoms with Gasteiger partial charge >= 0.3 is 0 Å². The van der Waals surface area contributed by atoms with Crippen LogP contribution in [0.15, 0.2) is 64.6 Å². The molecule has 2 aromatic carbocycles. The van der Waals surface area contributed by atoms with E-state index in [9.17, 15) is 4.79 Å². The van der Waals surface area contributed by atoms with Crippen LogP contribution >= 0.6 is 35.1 Å². The molecule has 0 radical (unpaired) electrons. The number of hydrogen-bond donors (Lipinski definition) is 1. The van der Waals surface area contributed by atoms with E-state index in [1.54, 1.807) is 11.8 Å². The first-order valence-electron chi connectivity index (χ1n) is 10.2. The van der Waals surface area contributed by atoms with Gasteiger partial charge in [0.1, 0.15) is 0 Å². The minimum absolute atomic E-state index is 0.0184. The number of nitrogens with zero attached hydrogens (tertiary/aromatic N) is 4. The van der Waals surface area contributed by atoms with Crippen molar-refractivity contribution in [3.05, 3.63) is 59.6 Å². The molecule has 162 valence electrons. The highest BCUT2D eigenvalue weighted by Gasteiger charge is 2.23. The van der Waals surface area contributed by atoms with Gasteiger partial charge in [-0.15, -0.1) is 22.0 Å². The molecule has 0 unspecified atom stereocenters. The summed E-state index contributed by atoms with van der Waals surface area (Å²) in [5.41, 5.74) is 0.832. The quantitative estimate of drug-likeness (QED) is 0.364. The molecular formula is C22H24ClN5OS2. The van der Waals surface area contributed by atoms with Crippen LogP contribution in [0.5, 0.6) is 0 Å². The number of anilines is 1. The first-order valence-corrected chi connectivity index (χ1v) is 12.6. The van der Waals surface area contributed by atoms with Crippen molar-refractivity contribution >= 4 is 47.0 Å². The van der Waals surface area contributed by atoms with E-state index in [1.165, 1.54) is 16.7 Å². The summed E-state index contributed by atoms with van der Waals surface area (Å²) in [6.07, 6.45) is 2.28. The Labute approximate surface area is 195 Å². The molecule has 3 aromatic rings. The Hall–Kier alpha value is -2.16. The van der Waals surface area contributed by atoms with Crippen molar-refractivity contribution in [2.45, 2.75) is 22.9 Å². The first kappa shape index (κ1) is 22.0. The van der Waals surface area contributed by atoms with Gasteiger partial charge in [-0.25, -0.2) is 0 Å². The van der Waals surface area contributed by atoms with Gasteiger partial charge in [-0.1, -0.05) is 53.7 Å². The molecule has 1 amide bonds. The number of benzene rings is 2. The van der Waals surface area contributed by atoms with Crippen LogP contribution in [0.25, 0.3) is 5.69 Å². The Morgan fingerprint density at radius 1 is 1.00 bits per heavy atom. The van der Waals surface area contributed by atoms with Gasteiger partial charge in [-0.05, 0) is 37.1 Å². The van der Waals surface area contributed by atoms with Crippen molar-refractivity contribution < 1.29 is 4.79 Å². The first-order chi connectivity index (χ1) is 15.2. The lowest BCUT2D eigenvalue weighted by molar-refractivity contribution is -0.118. The van der Waals surface area contributed by atoms with Gasteiger partial charge in [0.05, 0.1) is 16.5 Å². The summed E-state index contributed by atoms with van der Waals surface area (Å²) in [7, 11) is 0. The Balaban J connectivity index is 1.38. The van der Waals surface area contributed by atoms with E-state index >= 15 is 0 Å². The highest BCUT2D eigenvalue weighted by molar-refractivity contribution is 7.99. The highest BCUT2D eigenvalue weighted by Crippen LogP contribution is 2.31. The summed E-state index contributed by atoms with van der Waals surface area (Å²) in [6, 6.07) is 17.8. The lowest BCUT2D eigenvalue weighted by atomic mass is 10.3. The molecule has 1 fully saturated rings. The topological polar surface area (TPSA) is 63.1 Å². The predicted molar refractivity (Wildman–Crippen MR) is 129 cm³/mol. The normalized spacial score (nSPS) is 13.5. The van der Waals surface area contributed by atoms with Crippen molar-refractivity contribution in [1.29, 1.82) is 0 Å². The van der Waals surface area contributed by atoms with Crippen LogP contribution in [-0.4, -0.2) is 51.8 Å². The van der Waals surface area contributed by atoms with Gasteiger partial charge in [0, 0.05) is 30.3 Å². The lowest BCUT2D eigenvalue weighted by Crippen LogP contribution is -2.27. The standard InChI is InChI=1S/C22H24ClN5OS2/c23-18-10-4-5-11-19(18)28-21(27-13-6-7-14-27)25-26-22(28)31-16-20(29)24-12-15-30-17-8-2-1-3-9-17/h1-5,8-11H,6-7,12-16H2,(H,24,29). The maximum absolute atomic E-state index is 12.4. The van der Waals surface area contributed by atoms with E-state index in [0.29, 0.717) is 16.7 Å². The number of carbonyl (C=O) groups is 1. The lowest BCUT2D eigenvalue weighted by Gasteiger charge is -2.19. The Morgan fingerprint density at radius 3 is 2.52 bits per heavy atom. The molecule has 0 saturated carbocycles. The number of nitrogens with one attached hydrogen (secondary N) is 1. The molecule has 0 aliphatic carbocycles. The molecule has 1 aliphatic heterocycles. The van der Waals surface area contributed by atoms with Crippen molar-refractivity contribution in [1.82, 2.24) is 20.1 Å². The van der Waals surface area contributed by atoms with E-state index in [4.69, 9.17) is 11.6 Å². The molecule has 6 nitrogen and oxygen atoms in total. The SMILES string of the molecule is O=C(CSc1nnc(N2CCCC2)n1-c1ccccc1Cl)NCCSc1ccccc1. The third kappa shape index (κ3) is 5.75.